The van der Waals surface area contributed by atoms with Crippen molar-refractivity contribution < 1.29 is 14.3 Å². The summed E-state index contributed by atoms with van der Waals surface area (Å²) < 4.78 is 4.58. The standard InChI is InChI=1S/C15H30N4O3.HI/c1-6-16-14(17-10-8-7-9-13(21)22-5)18-11-12(20)19-15(2,3)4;/h6-11H2,1-5H3,(H,19,20)(H2,16,17,18);1H. The van der Waals surface area contributed by atoms with Crippen LogP contribution in [0, 0.1) is 0 Å². The molecule has 0 unspecified atom stereocenters. The number of nitrogens with one attached hydrogen (secondary N) is 3. The molecule has 8 heteroatoms. The van der Waals surface area contributed by atoms with E-state index in [0.717, 1.165) is 19.4 Å². The van der Waals surface area contributed by atoms with Crippen LogP contribution in [0.3, 0.4) is 0 Å². The van der Waals surface area contributed by atoms with E-state index in [2.05, 4.69) is 25.7 Å². The second-order valence-corrected chi connectivity index (χ2v) is 5.95. The molecule has 23 heavy (non-hydrogen) atoms. The Labute approximate surface area is 156 Å². The summed E-state index contributed by atoms with van der Waals surface area (Å²) in [6, 6.07) is 0. The molecule has 0 saturated heterocycles. The van der Waals surface area contributed by atoms with Gasteiger partial charge in [-0.2, -0.15) is 0 Å². The molecular weight excluding hydrogens is 411 g/mol. The molecule has 0 bridgehead atoms. The number of nitrogens with zero attached hydrogens (tertiary/aromatic N) is 1. The Bertz CT molecular complexity index is 381. The Balaban J connectivity index is 0. The summed E-state index contributed by atoms with van der Waals surface area (Å²) in [4.78, 5) is 26.9. The molecule has 3 N–H and O–H groups in total. The Hall–Kier alpha value is -1.06. The smallest absolute Gasteiger partial charge is 0.305 e. The number of halogens is 1. The van der Waals surface area contributed by atoms with Crippen molar-refractivity contribution in [2.45, 2.75) is 52.5 Å². The molecule has 0 radical (unpaired) electrons. The van der Waals surface area contributed by atoms with Crippen LogP contribution >= 0.6 is 24.0 Å². The monoisotopic (exact) mass is 442 g/mol. The van der Waals surface area contributed by atoms with E-state index < -0.39 is 0 Å². The van der Waals surface area contributed by atoms with Crippen molar-refractivity contribution >= 4 is 41.8 Å². The van der Waals surface area contributed by atoms with Crippen LogP contribution in [0.5, 0.6) is 0 Å². The highest BCUT2D eigenvalue weighted by Gasteiger charge is 2.13. The van der Waals surface area contributed by atoms with E-state index in [1.54, 1.807) is 0 Å². The molecule has 136 valence electrons. The predicted molar refractivity (Wildman–Crippen MR) is 103 cm³/mol. The highest BCUT2D eigenvalue weighted by Crippen LogP contribution is 1.98. The summed E-state index contributed by atoms with van der Waals surface area (Å²) in [5.41, 5.74) is -0.258. The maximum atomic E-state index is 11.7. The minimum absolute atomic E-state index is 0. The molecule has 0 spiro atoms. The molecule has 0 aromatic heterocycles. The van der Waals surface area contributed by atoms with E-state index >= 15 is 0 Å². The summed E-state index contributed by atoms with van der Waals surface area (Å²) in [6.45, 7) is 9.23. The van der Waals surface area contributed by atoms with Gasteiger partial charge in [-0.05, 0) is 40.5 Å². The fourth-order valence-electron chi connectivity index (χ4n) is 1.65. The number of hydrogen-bond acceptors (Lipinski definition) is 4. The number of guanidine groups is 1. The summed E-state index contributed by atoms with van der Waals surface area (Å²) in [5.74, 6) is 0.291. The van der Waals surface area contributed by atoms with Crippen molar-refractivity contribution in [3.63, 3.8) is 0 Å². The molecule has 7 nitrogen and oxygen atoms in total. The number of amides is 1. The van der Waals surface area contributed by atoms with Crippen molar-refractivity contribution in [3.8, 4) is 0 Å². The highest BCUT2D eigenvalue weighted by molar-refractivity contribution is 14.0. The normalized spacial score (nSPS) is 11.3. The van der Waals surface area contributed by atoms with Crippen LogP contribution in [0.25, 0.3) is 0 Å². The van der Waals surface area contributed by atoms with Gasteiger partial charge in [0.25, 0.3) is 0 Å². The van der Waals surface area contributed by atoms with E-state index in [9.17, 15) is 9.59 Å². The third-order valence-electron chi connectivity index (χ3n) is 2.57. The number of unbranched alkanes of at least 4 members (excludes halogenated alkanes) is 1. The SMILES string of the molecule is CCNC(=NCC(=O)NC(C)(C)C)NCCCCC(=O)OC.I. The predicted octanol–water partition coefficient (Wildman–Crippen LogP) is 1.42. The number of carbonyl (C=O) groups is 2. The van der Waals surface area contributed by atoms with Gasteiger partial charge in [0.1, 0.15) is 6.54 Å². The van der Waals surface area contributed by atoms with Crippen molar-refractivity contribution in [3.05, 3.63) is 0 Å². The third kappa shape index (κ3) is 15.6. The van der Waals surface area contributed by atoms with Gasteiger partial charge in [0, 0.05) is 25.0 Å². The zero-order valence-corrected chi connectivity index (χ0v) is 17.2. The lowest BCUT2D eigenvalue weighted by molar-refractivity contribution is -0.140. The molecule has 0 aromatic rings. The molecule has 1 amide bonds. The Kier molecular flexibility index (Phi) is 14.1. The first-order valence-corrected chi connectivity index (χ1v) is 7.68. The van der Waals surface area contributed by atoms with Crippen LogP contribution in [0.4, 0.5) is 0 Å². The lowest BCUT2D eigenvalue weighted by Crippen LogP contribution is -2.43. The quantitative estimate of drug-likeness (QED) is 0.174. The summed E-state index contributed by atoms with van der Waals surface area (Å²) in [6.07, 6.45) is 2.00. The Morgan fingerprint density at radius 3 is 2.30 bits per heavy atom. The van der Waals surface area contributed by atoms with Crippen LogP contribution < -0.4 is 16.0 Å². The first-order valence-electron chi connectivity index (χ1n) is 7.68. The molecule has 0 fully saturated rings. The van der Waals surface area contributed by atoms with Crippen molar-refractivity contribution in [1.29, 1.82) is 0 Å². The van der Waals surface area contributed by atoms with Crippen LogP contribution in [-0.4, -0.2) is 50.1 Å². The van der Waals surface area contributed by atoms with E-state index in [1.807, 2.05) is 27.7 Å². The largest absolute Gasteiger partial charge is 0.469 e. The molecule has 0 rings (SSSR count). The lowest BCUT2D eigenvalue weighted by Gasteiger charge is -2.20. The van der Waals surface area contributed by atoms with Gasteiger partial charge in [-0.15, -0.1) is 24.0 Å². The zero-order valence-electron chi connectivity index (χ0n) is 14.8. The number of ether oxygens (including phenoxy) is 1. The summed E-state index contributed by atoms with van der Waals surface area (Å²) in [7, 11) is 1.39. The minimum atomic E-state index is -0.258. The van der Waals surface area contributed by atoms with Gasteiger partial charge in [-0.25, -0.2) is 4.99 Å². The van der Waals surface area contributed by atoms with Crippen molar-refractivity contribution in [2.24, 2.45) is 4.99 Å². The molecule has 0 aromatic carbocycles. The van der Waals surface area contributed by atoms with Crippen molar-refractivity contribution in [1.82, 2.24) is 16.0 Å². The molecule has 0 aliphatic carbocycles. The highest BCUT2D eigenvalue weighted by atomic mass is 127. The molecule has 0 atom stereocenters. The van der Waals surface area contributed by atoms with Gasteiger partial charge in [-0.3, -0.25) is 9.59 Å². The van der Waals surface area contributed by atoms with Crippen molar-refractivity contribution in [2.75, 3.05) is 26.7 Å². The second kappa shape index (κ2) is 13.4. The first-order chi connectivity index (χ1) is 10.3. The van der Waals surface area contributed by atoms with Gasteiger partial charge in [0.05, 0.1) is 7.11 Å². The van der Waals surface area contributed by atoms with E-state index in [1.165, 1.54) is 7.11 Å². The summed E-state index contributed by atoms with van der Waals surface area (Å²) >= 11 is 0. The molecule has 0 heterocycles. The number of rotatable bonds is 8. The maximum Gasteiger partial charge on any atom is 0.305 e. The molecular formula is C15H31IN4O3. The third-order valence-corrected chi connectivity index (χ3v) is 2.57. The topological polar surface area (TPSA) is 91.8 Å². The lowest BCUT2D eigenvalue weighted by atomic mass is 10.1. The average Bonchev–Trinajstić information content (AvgIpc) is 2.42. The van der Waals surface area contributed by atoms with Gasteiger partial charge in [0.15, 0.2) is 5.96 Å². The van der Waals surface area contributed by atoms with Crippen LogP contribution in [0.15, 0.2) is 4.99 Å². The van der Waals surface area contributed by atoms with E-state index in [0.29, 0.717) is 18.9 Å². The van der Waals surface area contributed by atoms with Gasteiger partial charge < -0.3 is 20.7 Å². The van der Waals surface area contributed by atoms with Crippen LogP contribution in [0.1, 0.15) is 47.0 Å². The first kappa shape index (κ1) is 24.2. The maximum absolute atomic E-state index is 11.7. The number of aliphatic imine (C=N–C) groups is 1. The van der Waals surface area contributed by atoms with Gasteiger partial charge in [-0.1, -0.05) is 0 Å². The van der Waals surface area contributed by atoms with Gasteiger partial charge >= 0.3 is 5.97 Å². The fourth-order valence-corrected chi connectivity index (χ4v) is 1.65. The fraction of sp³-hybridized carbons (Fsp3) is 0.800. The number of carbonyl (C=O) groups excluding carboxylic acids is 2. The summed E-state index contributed by atoms with van der Waals surface area (Å²) in [5, 5.41) is 9.08. The molecule has 0 aliphatic rings. The van der Waals surface area contributed by atoms with E-state index in [-0.39, 0.29) is 47.9 Å². The van der Waals surface area contributed by atoms with E-state index in [4.69, 9.17) is 0 Å². The molecule has 0 saturated carbocycles. The van der Waals surface area contributed by atoms with Crippen LogP contribution in [0.2, 0.25) is 0 Å². The second-order valence-electron chi connectivity index (χ2n) is 5.95. The molecule has 0 aliphatic heterocycles. The van der Waals surface area contributed by atoms with Crippen LogP contribution in [-0.2, 0) is 14.3 Å². The number of hydrogen-bond donors (Lipinski definition) is 3. The minimum Gasteiger partial charge on any atom is -0.469 e. The zero-order chi connectivity index (χ0) is 17.0. The average molecular weight is 442 g/mol. The Morgan fingerprint density at radius 1 is 1.13 bits per heavy atom. The number of methoxy groups -OCH3 is 1. The Morgan fingerprint density at radius 2 is 1.78 bits per heavy atom. The van der Waals surface area contributed by atoms with Gasteiger partial charge in [0.2, 0.25) is 5.91 Å². The number of esters is 1.